The van der Waals surface area contributed by atoms with Gasteiger partial charge < -0.3 is 4.74 Å². The lowest BCUT2D eigenvalue weighted by Crippen LogP contribution is -1.83. The van der Waals surface area contributed by atoms with Crippen molar-refractivity contribution >= 4 is 33.7 Å². The molecule has 19 heavy (non-hydrogen) atoms. The number of fused-ring (bicyclic) bond motifs is 1. The highest BCUT2D eigenvalue weighted by molar-refractivity contribution is 7.19. The summed E-state index contributed by atoms with van der Waals surface area (Å²) < 4.78 is 6.47. The van der Waals surface area contributed by atoms with E-state index < -0.39 is 0 Å². The van der Waals surface area contributed by atoms with Crippen LogP contribution in [0.3, 0.4) is 0 Å². The molecule has 1 heterocycles. The molecule has 0 aliphatic rings. The van der Waals surface area contributed by atoms with Crippen LogP contribution < -0.4 is 4.74 Å². The van der Waals surface area contributed by atoms with Crippen LogP contribution in [0.2, 0.25) is 0 Å². The summed E-state index contributed by atoms with van der Waals surface area (Å²) in [6.07, 6.45) is 4.11. The summed E-state index contributed by atoms with van der Waals surface area (Å²) in [5, 5.41) is 0.989. The lowest BCUT2D eigenvalue weighted by atomic mass is 10.2. The van der Waals surface area contributed by atoms with Crippen molar-refractivity contribution in [3.8, 4) is 5.75 Å². The Bertz CT molecular complexity index is 716. The zero-order valence-electron chi connectivity index (χ0n) is 10.5. The van der Waals surface area contributed by atoms with E-state index in [0.29, 0.717) is 0 Å². The van der Waals surface area contributed by atoms with Crippen molar-refractivity contribution in [1.29, 1.82) is 0 Å². The number of rotatable bonds is 3. The molecule has 3 rings (SSSR count). The van der Waals surface area contributed by atoms with E-state index in [0.717, 1.165) is 21.0 Å². The van der Waals surface area contributed by atoms with Gasteiger partial charge in [0.2, 0.25) is 0 Å². The Hall–Kier alpha value is -2.13. The maximum Gasteiger partial charge on any atom is 0.145 e. The average Bonchev–Trinajstić information content (AvgIpc) is 2.89. The molecule has 0 radical (unpaired) electrons. The molecule has 1 aromatic heterocycles. The SMILES string of the molecule is COc1cccc2sc(C=Cc3ccccc3)nc12. The maximum absolute atomic E-state index is 5.32. The van der Waals surface area contributed by atoms with Gasteiger partial charge in [-0.25, -0.2) is 4.98 Å². The summed E-state index contributed by atoms with van der Waals surface area (Å²) in [5.74, 6) is 0.827. The van der Waals surface area contributed by atoms with Gasteiger partial charge in [-0.3, -0.25) is 0 Å². The van der Waals surface area contributed by atoms with E-state index in [1.165, 1.54) is 5.56 Å². The largest absolute Gasteiger partial charge is 0.494 e. The second-order valence-electron chi connectivity index (χ2n) is 4.10. The second kappa shape index (κ2) is 5.24. The van der Waals surface area contributed by atoms with Crippen molar-refractivity contribution in [2.75, 3.05) is 7.11 Å². The maximum atomic E-state index is 5.32. The van der Waals surface area contributed by atoms with Crippen molar-refractivity contribution in [2.24, 2.45) is 0 Å². The minimum atomic E-state index is 0.827. The molecule has 0 amide bonds. The van der Waals surface area contributed by atoms with E-state index in [-0.39, 0.29) is 0 Å². The normalized spacial score (nSPS) is 11.2. The smallest absolute Gasteiger partial charge is 0.145 e. The molecular weight excluding hydrogens is 254 g/mol. The molecule has 0 N–H and O–H groups in total. The molecule has 0 atom stereocenters. The highest BCUT2D eigenvalue weighted by atomic mass is 32.1. The number of methoxy groups -OCH3 is 1. The highest BCUT2D eigenvalue weighted by Gasteiger charge is 2.06. The number of hydrogen-bond donors (Lipinski definition) is 0. The van der Waals surface area contributed by atoms with Gasteiger partial charge in [0.15, 0.2) is 0 Å². The fourth-order valence-corrected chi connectivity index (χ4v) is 2.80. The minimum Gasteiger partial charge on any atom is -0.494 e. The second-order valence-corrected chi connectivity index (χ2v) is 5.17. The molecule has 0 bridgehead atoms. The first kappa shape index (κ1) is 11.9. The quantitative estimate of drug-likeness (QED) is 0.698. The van der Waals surface area contributed by atoms with Gasteiger partial charge in [-0.15, -0.1) is 11.3 Å². The Balaban J connectivity index is 1.96. The van der Waals surface area contributed by atoms with Gasteiger partial charge in [-0.05, 0) is 23.8 Å². The molecule has 3 aromatic rings. The van der Waals surface area contributed by atoms with Gasteiger partial charge >= 0.3 is 0 Å². The van der Waals surface area contributed by atoms with Crippen molar-refractivity contribution in [2.45, 2.75) is 0 Å². The van der Waals surface area contributed by atoms with Crippen LogP contribution in [0.25, 0.3) is 22.4 Å². The Morgan fingerprint density at radius 2 is 1.84 bits per heavy atom. The monoisotopic (exact) mass is 267 g/mol. The van der Waals surface area contributed by atoms with Crippen molar-refractivity contribution < 1.29 is 4.74 Å². The van der Waals surface area contributed by atoms with Crippen LogP contribution in [0.1, 0.15) is 10.6 Å². The number of para-hydroxylation sites is 1. The third-order valence-corrected chi connectivity index (χ3v) is 3.82. The van der Waals surface area contributed by atoms with Crippen molar-refractivity contribution in [3.63, 3.8) is 0 Å². The molecule has 94 valence electrons. The first-order valence-corrected chi connectivity index (χ1v) is 6.85. The number of benzene rings is 2. The van der Waals surface area contributed by atoms with E-state index in [1.807, 2.05) is 36.4 Å². The van der Waals surface area contributed by atoms with E-state index in [2.05, 4.69) is 29.3 Å². The predicted octanol–water partition coefficient (Wildman–Crippen LogP) is 4.48. The first-order chi connectivity index (χ1) is 9.36. The fraction of sp³-hybridized carbons (Fsp3) is 0.0625. The molecule has 0 aliphatic carbocycles. The highest BCUT2D eigenvalue weighted by Crippen LogP contribution is 2.30. The molecule has 0 unspecified atom stereocenters. The minimum absolute atomic E-state index is 0.827. The molecule has 0 aliphatic heterocycles. The third kappa shape index (κ3) is 2.51. The predicted molar refractivity (Wildman–Crippen MR) is 81.5 cm³/mol. The van der Waals surface area contributed by atoms with Crippen LogP contribution in [-0.4, -0.2) is 12.1 Å². The molecule has 3 heteroatoms. The van der Waals surface area contributed by atoms with E-state index >= 15 is 0 Å². The summed E-state index contributed by atoms with van der Waals surface area (Å²) in [6, 6.07) is 16.2. The molecule has 0 spiro atoms. The van der Waals surface area contributed by atoms with Crippen LogP contribution >= 0.6 is 11.3 Å². The van der Waals surface area contributed by atoms with E-state index in [1.54, 1.807) is 18.4 Å². The van der Waals surface area contributed by atoms with Crippen molar-refractivity contribution in [3.05, 3.63) is 59.1 Å². The topological polar surface area (TPSA) is 22.1 Å². The number of hydrogen-bond acceptors (Lipinski definition) is 3. The third-order valence-electron chi connectivity index (χ3n) is 2.84. The molecule has 2 aromatic carbocycles. The lowest BCUT2D eigenvalue weighted by Gasteiger charge is -1.97. The Labute approximate surface area is 116 Å². The summed E-state index contributed by atoms with van der Waals surface area (Å²) in [6.45, 7) is 0. The standard InChI is InChI=1S/C16H13NOS/c1-18-13-8-5-9-14-16(13)17-15(19-14)11-10-12-6-3-2-4-7-12/h2-11H,1H3. The van der Waals surface area contributed by atoms with E-state index in [4.69, 9.17) is 4.74 Å². The average molecular weight is 267 g/mol. The molecule has 2 nitrogen and oxygen atoms in total. The number of ether oxygens (including phenoxy) is 1. The van der Waals surface area contributed by atoms with E-state index in [9.17, 15) is 0 Å². The zero-order chi connectivity index (χ0) is 13.1. The summed E-state index contributed by atoms with van der Waals surface area (Å²) >= 11 is 1.67. The molecule has 0 fully saturated rings. The molecule has 0 saturated heterocycles. The van der Waals surface area contributed by atoms with Crippen LogP contribution in [0.4, 0.5) is 0 Å². The van der Waals surface area contributed by atoms with Crippen LogP contribution in [0.5, 0.6) is 5.75 Å². The summed E-state index contributed by atoms with van der Waals surface area (Å²) in [7, 11) is 1.67. The lowest BCUT2D eigenvalue weighted by molar-refractivity contribution is 0.419. The van der Waals surface area contributed by atoms with Crippen LogP contribution in [-0.2, 0) is 0 Å². The number of thiazole rings is 1. The van der Waals surface area contributed by atoms with Gasteiger partial charge in [0.05, 0.1) is 11.8 Å². The van der Waals surface area contributed by atoms with Gasteiger partial charge in [0.1, 0.15) is 16.3 Å². The van der Waals surface area contributed by atoms with Crippen LogP contribution in [0.15, 0.2) is 48.5 Å². The fourth-order valence-electron chi connectivity index (χ4n) is 1.91. The van der Waals surface area contributed by atoms with Crippen molar-refractivity contribution in [1.82, 2.24) is 4.98 Å². The van der Waals surface area contributed by atoms with Gasteiger partial charge in [-0.1, -0.05) is 42.5 Å². The van der Waals surface area contributed by atoms with Gasteiger partial charge in [0, 0.05) is 0 Å². The number of aromatic nitrogens is 1. The van der Waals surface area contributed by atoms with Crippen LogP contribution in [0, 0.1) is 0 Å². The number of nitrogens with zero attached hydrogens (tertiary/aromatic N) is 1. The van der Waals surface area contributed by atoms with Gasteiger partial charge in [0.25, 0.3) is 0 Å². The summed E-state index contributed by atoms with van der Waals surface area (Å²) in [4.78, 5) is 4.61. The zero-order valence-corrected chi connectivity index (χ0v) is 11.4. The van der Waals surface area contributed by atoms with Gasteiger partial charge in [-0.2, -0.15) is 0 Å². The molecular formula is C16H13NOS. The Morgan fingerprint density at radius 3 is 2.63 bits per heavy atom. The summed E-state index contributed by atoms with van der Waals surface area (Å²) in [5.41, 5.74) is 2.11. The first-order valence-electron chi connectivity index (χ1n) is 6.03. The Morgan fingerprint density at radius 1 is 1.00 bits per heavy atom. The Kier molecular flexibility index (Phi) is 3.29. The molecule has 0 saturated carbocycles.